The van der Waals surface area contributed by atoms with Crippen molar-refractivity contribution in [3.05, 3.63) is 28.8 Å². The average Bonchev–Trinajstić information content (AvgIpc) is 3.27. The van der Waals surface area contributed by atoms with Crippen LogP contribution in [0, 0.1) is 5.92 Å². The summed E-state index contributed by atoms with van der Waals surface area (Å²) in [6, 6.07) is 6.07. The van der Waals surface area contributed by atoms with Gasteiger partial charge in [-0.25, -0.2) is 9.78 Å². The van der Waals surface area contributed by atoms with E-state index in [0.29, 0.717) is 25.7 Å². The van der Waals surface area contributed by atoms with Crippen LogP contribution < -0.4 is 5.73 Å². The zero-order valence-electron chi connectivity index (χ0n) is 22.1. The number of primary amides is 1. The number of carbonyl (C=O) groups excluding carboxylic acids is 4. The van der Waals surface area contributed by atoms with E-state index in [0.717, 1.165) is 40.2 Å². The second-order valence-electron chi connectivity index (χ2n) is 10.2. The van der Waals surface area contributed by atoms with Crippen molar-refractivity contribution in [2.24, 2.45) is 11.7 Å². The molecule has 3 heterocycles. The Bertz CT molecular complexity index is 1270. The SMILES string of the molecule is C[C@H]1CC[C@H](c2ccc3sc(C4(CN(C)C)COC4)nc3c2)N(C(=O)C(N)=O)C1.O=C(Cl)C(=O)OCC(F)(F)F. The van der Waals surface area contributed by atoms with E-state index in [9.17, 15) is 32.3 Å². The number of alkyl halides is 3. The Morgan fingerprint density at radius 3 is 2.45 bits per heavy atom. The monoisotopic (exact) mass is 606 g/mol. The summed E-state index contributed by atoms with van der Waals surface area (Å²) < 4.78 is 43.8. The lowest BCUT2D eigenvalue weighted by atomic mass is 9.86. The van der Waals surface area contributed by atoms with E-state index in [1.807, 2.05) is 0 Å². The molecular weight excluding hydrogens is 577 g/mol. The smallest absolute Gasteiger partial charge is 0.422 e. The van der Waals surface area contributed by atoms with Gasteiger partial charge in [-0.1, -0.05) is 13.0 Å². The van der Waals surface area contributed by atoms with Gasteiger partial charge < -0.3 is 25.0 Å². The molecule has 2 N–H and O–H groups in total. The van der Waals surface area contributed by atoms with Crippen LogP contribution in [0.1, 0.15) is 36.4 Å². The molecule has 2 amide bonds. The van der Waals surface area contributed by atoms with Crippen LogP contribution >= 0.6 is 22.9 Å². The Morgan fingerprint density at radius 2 is 1.93 bits per heavy atom. The number of hydrogen-bond acceptors (Lipinski definition) is 9. The Morgan fingerprint density at radius 1 is 1.25 bits per heavy atom. The molecule has 2 aliphatic rings. The van der Waals surface area contributed by atoms with Crippen molar-refractivity contribution < 1.29 is 41.8 Å². The highest BCUT2D eigenvalue weighted by Gasteiger charge is 2.43. The molecule has 40 heavy (non-hydrogen) atoms. The number of hydrogen-bond donors (Lipinski definition) is 1. The van der Waals surface area contributed by atoms with E-state index in [1.165, 1.54) is 0 Å². The molecule has 0 bridgehead atoms. The topological polar surface area (TPSA) is 132 Å². The Hall–Kier alpha value is -2.81. The van der Waals surface area contributed by atoms with Crippen molar-refractivity contribution in [2.75, 3.05) is 47.0 Å². The molecule has 220 valence electrons. The van der Waals surface area contributed by atoms with E-state index in [4.69, 9.17) is 15.5 Å². The van der Waals surface area contributed by atoms with E-state index >= 15 is 0 Å². The number of nitrogens with two attached hydrogens (primary N) is 1. The lowest BCUT2D eigenvalue weighted by Crippen LogP contribution is -2.53. The zero-order valence-corrected chi connectivity index (χ0v) is 23.7. The van der Waals surface area contributed by atoms with E-state index in [-0.39, 0.29) is 11.5 Å². The average molecular weight is 607 g/mol. The quantitative estimate of drug-likeness (QED) is 0.302. The lowest BCUT2D eigenvalue weighted by molar-refractivity contribution is -0.185. The maximum atomic E-state index is 12.4. The van der Waals surface area contributed by atoms with E-state index in [2.05, 4.69) is 60.5 Å². The van der Waals surface area contributed by atoms with Gasteiger partial charge in [0.15, 0.2) is 6.61 Å². The summed E-state index contributed by atoms with van der Waals surface area (Å²) in [5.41, 5.74) is 7.22. The van der Waals surface area contributed by atoms with Crippen LogP contribution in [0.3, 0.4) is 0 Å². The second kappa shape index (κ2) is 12.8. The first-order valence-corrected chi connectivity index (χ1v) is 13.5. The lowest BCUT2D eigenvalue weighted by Gasteiger charge is -2.41. The molecule has 0 aliphatic carbocycles. The second-order valence-corrected chi connectivity index (χ2v) is 11.6. The minimum absolute atomic E-state index is 0.0401. The molecular formula is C25H30ClF3N4O6S. The number of fused-ring (bicyclic) bond motifs is 1. The van der Waals surface area contributed by atoms with Crippen LogP contribution in [0.15, 0.2) is 18.2 Å². The third-order valence-electron chi connectivity index (χ3n) is 6.44. The van der Waals surface area contributed by atoms with Gasteiger partial charge in [0.1, 0.15) is 5.01 Å². The fourth-order valence-corrected chi connectivity index (χ4v) is 5.83. The van der Waals surface area contributed by atoms with Gasteiger partial charge in [0.25, 0.3) is 0 Å². The molecule has 4 rings (SSSR count). The van der Waals surface area contributed by atoms with Gasteiger partial charge in [0, 0.05) is 13.1 Å². The molecule has 0 radical (unpaired) electrons. The van der Waals surface area contributed by atoms with Gasteiger partial charge in [-0.15, -0.1) is 11.3 Å². The number of benzene rings is 1. The molecule has 1 aromatic carbocycles. The molecule has 2 aromatic rings. The molecule has 2 fully saturated rings. The van der Waals surface area contributed by atoms with E-state index in [1.54, 1.807) is 16.2 Å². The molecule has 2 saturated heterocycles. The molecule has 1 aromatic heterocycles. The standard InChI is InChI=1S/C21H28N4O3S.C4H2ClF3O3/c1-13-4-6-16(25(9-13)19(27)18(22)26)14-5-7-17-15(8-14)23-20(29-17)21(10-24(2)3)11-28-12-21;5-2(9)3(10)11-1-4(6,7)8/h5,7-8,13,16H,4,6,9-12H2,1-3H3,(H2,22,26);1H2/t13-,16+;/m0./s1. The predicted molar refractivity (Wildman–Crippen MR) is 141 cm³/mol. The molecule has 0 spiro atoms. The summed E-state index contributed by atoms with van der Waals surface area (Å²) in [4.78, 5) is 52.5. The van der Waals surface area contributed by atoms with Crippen LogP contribution in [0.4, 0.5) is 13.2 Å². The summed E-state index contributed by atoms with van der Waals surface area (Å²) in [6.07, 6.45) is -2.81. The van der Waals surface area contributed by atoms with Gasteiger partial charge in [0.05, 0.1) is 34.9 Å². The highest BCUT2D eigenvalue weighted by atomic mass is 35.5. The Kier molecular flexibility index (Phi) is 10.1. The van der Waals surface area contributed by atoms with Gasteiger partial charge in [-0.2, -0.15) is 13.2 Å². The number of likely N-dealkylation sites (tertiary alicyclic amines) is 1. The van der Waals surface area contributed by atoms with Crippen LogP contribution in [0.25, 0.3) is 10.2 Å². The number of halogens is 4. The first-order chi connectivity index (χ1) is 18.6. The number of amides is 2. The number of ether oxygens (including phenoxy) is 2. The van der Waals surface area contributed by atoms with Crippen molar-refractivity contribution in [1.29, 1.82) is 0 Å². The number of rotatable bonds is 6. The van der Waals surface area contributed by atoms with Crippen molar-refractivity contribution in [2.45, 2.75) is 37.4 Å². The zero-order chi connectivity index (χ0) is 29.8. The van der Waals surface area contributed by atoms with Crippen molar-refractivity contribution in [1.82, 2.24) is 14.8 Å². The minimum atomic E-state index is -4.64. The number of aromatic nitrogens is 1. The molecule has 2 atom stereocenters. The fourth-order valence-electron chi connectivity index (χ4n) is 4.68. The first kappa shape index (κ1) is 31.7. The fraction of sp³-hybridized carbons (Fsp3) is 0.560. The Labute approximate surface area is 237 Å². The molecule has 15 heteroatoms. The van der Waals surface area contributed by atoms with Crippen LogP contribution in [0.5, 0.6) is 0 Å². The van der Waals surface area contributed by atoms with Crippen molar-refractivity contribution >= 4 is 56.2 Å². The van der Waals surface area contributed by atoms with Gasteiger partial charge in [-0.05, 0) is 62.2 Å². The maximum Gasteiger partial charge on any atom is 0.422 e. The summed E-state index contributed by atoms with van der Waals surface area (Å²) in [6.45, 7) is 3.14. The summed E-state index contributed by atoms with van der Waals surface area (Å²) in [7, 11) is 4.14. The third kappa shape index (κ3) is 7.89. The van der Waals surface area contributed by atoms with Crippen LogP contribution in [-0.2, 0) is 34.1 Å². The van der Waals surface area contributed by atoms with Crippen LogP contribution in [-0.4, -0.2) is 91.0 Å². The van der Waals surface area contributed by atoms with Crippen LogP contribution in [0.2, 0.25) is 0 Å². The minimum Gasteiger partial charge on any atom is -0.449 e. The number of thiazole rings is 1. The first-order valence-electron chi connectivity index (χ1n) is 12.3. The number of piperidine rings is 1. The van der Waals surface area contributed by atoms with Crippen molar-refractivity contribution in [3.8, 4) is 0 Å². The molecule has 10 nitrogen and oxygen atoms in total. The maximum absolute atomic E-state index is 12.4. The normalized spacial score (nSPS) is 20.4. The Balaban J connectivity index is 0.000000342. The highest BCUT2D eigenvalue weighted by Crippen LogP contribution is 2.40. The molecule has 2 aliphatic heterocycles. The summed E-state index contributed by atoms with van der Waals surface area (Å²) in [5.74, 6) is -2.84. The third-order valence-corrected chi connectivity index (χ3v) is 7.88. The number of nitrogens with zero attached hydrogens (tertiary/aromatic N) is 3. The van der Waals surface area contributed by atoms with Crippen molar-refractivity contribution in [3.63, 3.8) is 0 Å². The highest BCUT2D eigenvalue weighted by molar-refractivity contribution is 7.18. The van der Waals surface area contributed by atoms with Gasteiger partial charge >= 0.3 is 29.2 Å². The molecule has 0 unspecified atom stereocenters. The number of likely N-dealkylation sites (N-methyl/N-ethyl adjacent to an activating group) is 1. The van der Waals surface area contributed by atoms with Gasteiger partial charge in [0.2, 0.25) is 0 Å². The summed E-state index contributed by atoms with van der Waals surface area (Å²) in [5, 5.41) is -0.471. The number of carbonyl (C=O) groups is 4. The summed E-state index contributed by atoms with van der Waals surface area (Å²) >= 11 is 6.19. The predicted octanol–water partition coefficient (Wildman–Crippen LogP) is 2.77. The van der Waals surface area contributed by atoms with E-state index < -0.39 is 35.8 Å². The number of esters is 1. The molecule has 0 saturated carbocycles. The van der Waals surface area contributed by atoms with Gasteiger partial charge in [-0.3, -0.25) is 14.4 Å². The largest absolute Gasteiger partial charge is 0.449 e.